The van der Waals surface area contributed by atoms with Crippen molar-refractivity contribution in [1.29, 1.82) is 0 Å². The number of aryl methyl sites for hydroxylation is 3. The number of amides is 1. The maximum absolute atomic E-state index is 13.5. The number of hydrogen-bond acceptors (Lipinski definition) is 26. The lowest BCUT2D eigenvalue weighted by molar-refractivity contribution is -0.120. The van der Waals surface area contributed by atoms with Gasteiger partial charge in [-0.15, -0.1) is 0 Å². The van der Waals surface area contributed by atoms with Crippen LogP contribution in [0.1, 0.15) is 254 Å². The number of primary amides is 1. The highest BCUT2D eigenvalue weighted by molar-refractivity contribution is 7.71. The van der Waals surface area contributed by atoms with Crippen molar-refractivity contribution in [3.63, 3.8) is 0 Å². The number of anilines is 7. The molecule has 4 aromatic carbocycles. The van der Waals surface area contributed by atoms with Gasteiger partial charge in [0.05, 0.1) is 39.2 Å². The number of ketones is 2. The summed E-state index contributed by atoms with van der Waals surface area (Å²) in [5, 5.41) is 15.3. The van der Waals surface area contributed by atoms with E-state index in [0.717, 1.165) is 338 Å². The zero-order valence-electron chi connectivity index (χ0n) is 86.9. The molecule has 3 saturated carbocycles. The zero-order valence-corrected chi connectivity index (χ0v) is 92.7. The molecule has 0 bridgehead atoms. The number of nitrogens with zero attached hydrogens (tertiary/aromatic N) is 11. The second-order valence-electron chi connectivity index (χ2n) is 42.6. The molecule has 3 atom stereocenters. The highest BCUT2D eigenvalue weighted by atomic mass is 35.5. The summed E-state index contributed by atoms with van der Waals surface area (Å²) in [5.74, 6) is 5.36. The van der Waals surface area contributed by atoms with Gasteiger partial charge in [-0.25, -0.2) is 29.9 Å². The Balaban J connectivity index is 0.000000127. The Hall–Kier alpha value is -8.92. The lowest BCUT2D eigenvalue weighted by Crippen LogP contribution is -2.20. The molecule has 30 nitrogen and oxygen atoms in total. The molecule has 788 valence electrons. The van der Waals surface area contributed by atoms with Crippen LogP contribution in [0.4, 0.5) is 45.5 Å². The maximum atomic E-state index is 13.5. The van der Waals surface area contributed by atoms with Crippen molar-refractivity contribution in [3.05, 3.63) is 169 Å². The third kappa shape index (κ3) is 27.8. The minimum Gasteiger partial charge on any atom is -0.398 e. The van der Waals surface area contributed by atoms with Gasteiger partial charge in [0.2, 0.25) is 5.91 Å². The first kappa shape index (κ1) is 109. The summed E-state index contributed by atoms with van der Waals surface area (Å²) < 4.78 is 98.3. The number of carbonyl (C=O) groups excluding carboxylic acids is 3. The maximum Gasteiger partial charge on any atom is 0.220 e. The predicted molar refractivity (Wildman–Crippen MR) is 591 cm³/mol. The Labute approximate surface area is 877 Å². The van der Waals surface area contributed by atoms with E-state index >= 15 is 0 Å². The second-order valence-corrected chi connectivity index (χ2v) is 56.5. The molecule has 8 aliphatic heterocycles. The molecule has 7 N–H and O–H groups in total. The molecule has 22 rings (SSSR count). The summed E-state index contributed by atoms with van der Waals surface area (Å²) >= 11 is 18.6. The molecular formula is C110H143Cl3N16O14P4. The summed E-state index contributed by atoms with van der Waals surface area (Å²) in [6.45, 7) is 30.8. The van der Waals surface area contributed by atoms with Crippen LogP contribution in [0.15, 0.2) is 102 Å². The Morgan fingerprint density at radius 2 is 0.701 bits per heavy atom. The van der Waals surface area contributed by atoms with Crippen molar-refractivity contribution in [2.75, 3.05) is 148 Å². The normalized spacial score (nSPS) is 19.8. The average molecular weight is 2140 g/mol. The largest absolute Gasteiger partial charge is 0.398 e. The molecular weight excluding hydrogens is 2000 g/mol. The third-order valence-corrected chi connectivity index (χ3v) is 36.2. The Morgan fingerprint density at radius 3 is 1.06 bits per heavy atom. The van der Waals surface area contributed by atoms with Crippen LogP contribution in [0.25, 0.3) is 33.5 Å². The molecule has 3 unspecified atom stereocenters. The fraction of sp³-hybridized carbons (Fsp3) is 0.536. The predicted octanol–water partition coefficient (Wildman–Crippen LogP) is 23.0. The first-order chi connectivity index (χ1) is 70.3. The summed E-state index contributed by atoms with van der Waals surface area (Å²) in [7, 11) is -9.99. The molecule has 11 aliphatic rings. The van der Waals surface area contributed by atoms with Gasteiger partial charge in [0.25, 0.3) is 0 Å². The SMILES string of the molecule is CC1=Nc2c(Nc3ccc(C4CCOCC4)cc3P(C)(C)=O)cc(CC(=O)C3CC3)nc2C1.CP(C)(=O)c1cc(C2CCOCC2)ccc1N.Cc1nc2c(Cl)cc(Cl)nc2n1C1CCCCO1.Cc1nc2c(Nc3ccc(C4CCOCC4)cc3P(C)(C)=O)cc(CC(=O)C3CC3)nc2n1C1CCCCO1.Cc1nc2c(Nc3ccc(C4CCOCC4)cc3P(C)(C)=O)cc(Cl)nc2n1C1CCCCO1.NC(=O)C1CC1. The van der Waals surface area contributed by atoms with Crippen LogP contribution in [0, 0.1) is 38.5 Å². The van der Waals surface area contributed by atoms with Gasteiger partial charge >= 0.3 is 0 Å². The van der Waals surface area contributed by atoms with E-state index in [4.69, 9.17) is 104 Å². The number of rotatable bonds is 24. The van der Waals surface area contributed by atoms with Crippen molar-refractivity contribution >= 4 is 187 Å². The molecule has 0 spiro atoms. The number of carbonyl (C=O) groups is 3. The van der Waals surface area contributed by atoms with E-state index in [9.17, 15) is 32.6 Å². The van der Waals surface area contributed by atoms with E-state index in [1.165, 1.54) is 22.3 Å². The molecule has 15 heterocycles. The number of hydrogen-bond donors (Lipinski definition) is 5. The Morgan fingerprint density at radius 1 is 0.367 bits per heavy atom. The van der Waals surface area contributed by atoms with E-state index in [1.807, 2.05) is 113 Å². The number of benzene rings is 4. The van der Waals surface area contributed by atoms with E-state index in [2.05, 4.69) is 84.0 Å². The van der Waals surface area contributed by atoms with Crippen LogP contribution in [-0.2, 0) is 85.1 Å². The first-order valence-corrected chi connectivity index (χ1v) is 63.9. The van der Waals surface area contributed by atoms with E-state index in [-0.39, 0.29) is 53.9 Å². The van der Waals surface area contributed by atoms with Gasteiger partial charge in [-0.1, -0.05) is 59.1 Å². The highest BCUT2D eigenvalue weighted by Gasteiger charge is 2.37. The van der Waals surface area contributed by atoms with Crippen molar-refractivity contribution < 1.29 is 65.8 Å². The van der Waals surface area contributed by atoms with Crippen LogP contribution in [0.5, 0.6) is 0 Å². The van der Waals surface area contributed by atoms with Crippen LogP contribution >= 0.6 is 63.4 Å². The minimum absolute atomic E-state index is 0.00853. The minimum atomic E-state index is -2.61. The number of nitrogens with two attached hydrogens (primary N) is 2. The van der Waals surface area contributed by atoms with Gasteiger partial charge in [0.1, 0.15) is 109 Å². The summed E-state index contributed by atoms with van der Waals surface area (Å²) in [6.07, 6.45) is 24.6. The highest BCUT2D eigenvalue weighted by Crippen LogP contribution is 2.49. The third-order valence-electron chi connectivity index (χ3n) is 29.4. The number of imidazole rings is 3. The number of nitrogen functional groups attached to an aromatic ring is 1. The summed E-state index contributed by atoms with van der Waals surface area (Å²) in [4.78, 5) is 72.8. The summed E-state index contributed by atoms with van der Waals surface area (Å²) in [5.41, 5.74) is 29.7. The van der Waals surface area contributed by atoms with Crippen molar-refractivity contribution in [2.24, 2.45) is 28.5 Å². The quantitative estimate of drug-likeness (QED) is 0.0213. The fourth-order valence-corrected chi connectivity index (χ4v) is 26.2. The number of halogens is 3. The monoisotopic (exact) mass is 2140 g/mol. The average Bonchev–Trinajstić information content (AvgIpc) is 1.62. The second kappa shape index (κ2) is 48.0. The van der Waals surface area contributed by atoms with Crippen LogP contribution in [-0.4, -0.2) is 198 Å². The van der Waals surface area contributed by atoms with Gasteiger partial charge in [-0.3, -0.25) is 38.1 Å². The van der Waals surface area contributed by atoms with Crippen LogP contribution in [0.2, 0.25) is 15.3 Å². The van der Waals surface area contributed by atoms with Crippen molar-refractivity contribution in [2.45, 2.75) is 237 Å². The number of aromatic nitrogens is 10. The fourth-order valence-electron chi connectivity index (χ4n) is 20.9. The van der Waals surface area contributed by atoms with E-state index in [0.29, 0.717) is 80.8 Å². The van der Waals surface area contributed by atoms with Crippen LogP contribution < -0.4 is 48.6 Å². The molecule has 3 aliphatic carbocycles. The number of pyridine rings is 4. The van der Waals surface area contributed by atoms with Gasteiger partial charge in [-0.05, 0) is 341 Å². The van der Waals surface area contributed by atoms with Gasteiger partial charge in [0.15, 0.2) is 16.9 Å². The molecule has 37 heteroatoms. The molecule has 1 amide bonds. The lowest BCUT2D eigenvalue weighted by atomic mass is 9.91. The van der Waals surface area contributed by atoms with Gasteiger partial charge in [-0.2, -0.15) is 0 Å². The number of fused-ring (bicyclic) bond motifs is 4. The Kier molecular flexibility index (Phi) is 35.7. The zero-order chi connectivity index (χ0) is 104. The van der Waals surface area contributed by atoms with Crippen molar-refractivity contribution in [1.82, 2.24) is 48.6 Å². The molecule has 7 aromatic heterocycles. The molecule has 7 saturated heterocycles. The van der Waals surface area contributed by atoms with Crippen LogP contribution in [0.3, 0.4) is 0 Å². The smallest absolute Gasteiger partial charge is 0.220 e. The van der Waals surface area contributed by atoms with Crippen molar-refractivity contribution in [3.8, 4) is 0 Å². The van der Waals surface area contributed by atoms with E-state index < -0.39 is 28.6 Å². The lowest BCUT2D eigenvalue weighted by Gasteiger charge is -2.25. The summed E-state index contributed by atoms with van der Waals surface area (Å²) in [6, 6.07) is 32.2. The number of aliphatic imine (C=N–C) groups is 1. The number of nitrogens with one attached hydrogen (secondary N) is 3. The first-order valence-electron chi connectivity index (χ1n) is 52.4. The Bertz CT molecular complexity index is 6870. The molecule has 11 aromatic rings. The number of ether oxygens (including phenoxy) is 7. The molecule has 10 fully saturated rings. The standard InChI is InChI=1S/C30H39N4O4P.C26H32N3O3P.C25H32ClN4O3P.C13H20NO2P.C12H13Cl2N3O.C4H7NO/c1-19-31-29-25(33-24-10-9-22(16-27(24)39(2,3)36)20-11-14-37-15-12-20)17-23(18-26(35)21-7-8-21)32-30(29)34(19)28-6-4-5-13-38-28;1-16-12-22-26(27-16)23(14-20(28-22)15-24(30)18-4-5-18)29-21-7-6-19(13-25(21)33(2,3)31)17-8-10-32-11-9-17;1-16-27-24-20(15-22(26)29-25(24)30(16)23-6-4-5-11-33-23)28-19-8-7-18(14-21(19)34(2,3)31)17-9-12-32-13-10-17;1-17(2,15)13-9-11(3-4-12(13)14)10-5-7-16-8-6-10;1-7-15-11-8(13)6-9(14)16-12(11)17(7)10-4-2-3-5-18-10;5-4(6)3-1-2-3/h9-10,16-17,20-21,28H,4-8,11-15,18H2,1-3H3,(H,32,33);6-7,13-14,17-18H,4-5,8-12,15H2,1-3H3,(H,28,29);7-8,14-15,17,23H,4-6,9-13H2,1-3H3,(H,28,29);3-4,9-10H,5-8,14H2,1-2H3;6,10H,2-5H2,1H3;3H,1-2H2,(H2,5,6). The molecule has 0 radical (unpaired) electrons. The van der Waals surface area contributed by atoms with Gasteiger partial charge in [0, 0.05) is 165 Å². The van der Waals surface area contributed by atoms with E-state index in [1.54, 1.807) is 25.5 Å². The van der Waals surface area contributed by atoms with Gasteiger partial charge < -0.3 is 78.8 Å². The molecule has 147 heavy (non-hydrogen) atoms. The topological polar surface area (TPSA) is 390 Å². The number of Topliss-reactive ketones (excluding diaryl/α,β-unsaturated/α-hetero) is 2.